The maximum Gasteiger partial charge on any atom is 0.219 e. The summed E-state index contributed by atoms with van der Waals surface area (Å²) in [5.74, 6) is 0. The lowest BCUT2D eigenvalue weighted by molar-refractivity contribution is 0.327. The third-order valence-electron chi connectivity index (χ3n) is 1.69. The minimum absolute atomic E-state index is 0.596. The van der Waals surface area contributed by atoms with Crippen LogP contribution < -0.4 is 0 Å². The maximum atomic E-state index is 5.76. The van der Waals surface area contributed by atoms with Crippen molar-refractivity contribution in [2.45, 2.75) is 6.42 Å². The third-order valence-corrected chi connectivity index (χ3v) is 3.01. The highest BCUT2D eigenvalue weighted by Crippen LogP contribution is 2.10. The van der Waals surface area contributed by atoms with E-state index in [0.717, 1.165) is 11.4 Å². The van der Waals surface area contributed by atoms with Gasteiger partial charge in [0.1, 0.15) is 0 Å². The molecule has 1 aromatic rings. The maximum absolute atomic E-state index is 5.76. The molecule has 0 aliphatic heterocycles. The normalized spacial score (nSPS) is 9.86. The summed E-state index contributed by atoms with van der Waals surface area (Å²) in [7, 11) is 0. The number of halogens is 1. The molecular formula is C10H11ClOS2. The average Bonchev–Trinajstić information content (AvgIpc) is 2.21. The Balaban J connectivity index is 2.31. The van der Waals surface area contributed by atoms with Crippen LogP contribution in [-0.2, 0) is 11.2 Å². The van der Waals surface area contributed by atoms with E-state index in [1.54, 1.807) is 0 Å². The second-order valence-electron chi connectivity index (χ2n) is 2.68. The van der Waals surface area contributed by atoms with Crippen LogP contribution in [0.4, 0.5) is 0 Å². The van der Waals surface area contributed by atoms with E-state index in [2.05, 4.69) is 0 Å². The number of thioether (sulfide) groups is 1. The highest BCUT2D eigenvalue weighted by molar-refractivity contribution is 8.22. The van der Waals surface area contributed by atoms with Crippen LogP contribution in [0.2, 0.25) is 5.02 Å². The number of hydrogen-bond donors (Lipinski definition) is 0. The highest BCUT2D eigenvalue weighted by atomic mass is 35.5. The Labute approximate surface area is 98.8 Å². The molecule has 1 aromatic carbocycles. The summed E-state index contributed by atoms with van der Waals surface area (Å²) in [5.41, 5.74) is 1.21. The molecule has 0 saturated carbocycles. The molecule has 1 nitrogen and oxygen atoms in total. The van der Waals surface area contributed by atoms with Crippen molar-refractivity contribution in [2.24, 2.45) is 0 Å². The van der Waals surface area contributed by atoms with Crippen molar-refractivity contribution in [1.82, 2.24) is 0 Å². The van der Waals surface area contributed by atoms with Gasteiger partial charge in [-0.1, -0.05) is 35.5 Å². The minimum atomic E-state index is 0.596. The molecule has 0 unspecified atom stereocenters. The summed E-state index contributed by atoms with van der Waals surface area (Å²) in [5, 5.41) is 0.759. The average molecular weight is 247 g/mol. The second-order valence-corrected chi connectivity index (χ2v) is 4.52. The molecule has 0 bridgehead atoms. The van der Waals surface area contributed by atoms with E-state index >= 15 is 0 Å². The van der Waals surface area contributed by atoms with Gasteiger partial charge in [0.25, 0.3) is 0 Å². The van der Waals surface area contributed by atoms with Gasteiger partial charge in [0.05, 0.1) is 6.61 Å². The molecule has 0 aliphatic rings. The fourth-order valence-corrected chi connectivity index (χ4v) is 1.37. The fourth-order valence-electron chi connectivity index (χ4n) is 0.962. The van der Waals surface area contributed by atoms with Crippen LogP contribution in [0.25, 0.3) is 0 Å². The van der Waals surface area contributed by atoms with Crippen molar-refractivity contribution in [3.8, 4) is 0 Å². The van der Waals surface area contributed by atoms with Gasteiger partial charge in [0.2, 0.25) is 4.38 Å². The van der Waals surface area contributed by atoms with Crippen LogP contribution in [-0.4, -0.2) is 17.2 Å². The quantitative estimate of drug-likeness (QED) is 0.755. The van der Waals surface area contributed by atoms with Crippen molar-refractivity contribution in [3.63, 3.8) is 0 Å². The third kappa shape index (κ3) is 4.31. The summed E-state index contributed by atoms with van der Waals surface area (Å²) in [6.45, 7) is 0.626. The first-order chi connectivity index (χ1) is 6.72. The first-order valence-corrected chi connectivity index (χ1v) is 6.18. The van der Waals surface area contributed by atoms with Gasteiger partial charge in [-0.25, -0.2) is 0 Å². The van der Waals surface area contributed by atoms with Gasteiger partial charge in [0, 0.05) is 11.4 Å². The van der Waals surface area contributed by atoms with Gasteiger partial charge in [0.15, 0.2) is 0 Å². The minimum Gasteiger partial charge on any atom is -0.478 e. The molecule has 1 rings (SSSR count). The summed E-state index contributed by atoms with van der Waals surface area (Å²) >= 11 is 12.1. The lowest BCUT2D eigenvalue weighted by Gasteiger charge is -2.04. The van der Waals surface area contributed by atoms with E-state index < -0.39 is 0 Å². The van der Waals surface area contributed by atoms with Crippen LogP contribution in [0, 0.1) is 0 Å². The molecule has 0 spiro atoms. The number of thiocarbonyl (C=S) groups is 1. The van der Waals surface area contributed by atoms with Gasteiger partial charge in [-0.2, -0.15) is 0 Å². The molecule has 0 N–H and O–H groups in total. The van der Waals surface area contributed by atoms with Crippen LogP contribution in [0.3, 0.4) is 0 Å². The topological polar surface area (TPSA) is 9.23 Å². The zero-order valence-electron chi connectivity index (χ0n) is 7.83. The molecule has 14 heavy (non-hydrogen) atoms. The molecule has 0 fully saturated rings. The van der Waals surface area contributed by atoms with Crippen molar-refractivity contribution >= 4 is 40.0 Å². The van der Waals surface area contributed by atoms with E-state index in [1.165, 1.54) is 17.3 Å². The zero-order chi connectivity index (χ0) is 10.4. The van der Waals surface area contributed by atoms with Crippen LogP contribution >= 0.6 is 35.6 Å². The Morgan fingerprint density at radius 1 is 1.43 bits per heavy atom. The van der Waals surface area contributed by atoms with Gasteiger partial charge >= 0.3 is 0 Å². The predicted molar refractivity (Wildman–Crippen MR) is 67.2 cm³/mol. The van der Waals surface area contributed by atoms with Crippen molar-refractivity contribution < 1.29 is 4.74 Å². The van der Waals surface area contributed by atoms with E-state index in [-0.39, 0.29) is 0 Å². The SMILES string of the molecule is CSC(=S)OCCc1ccc(Cl)cc1. The molecule has 0 aromatic heterocycles. The van der Waals surface area contributed by atoms with E-state index in [0.29, 0.717) is 11.0 Å². The standard InChI is InChI=1S/C10H11ClOS2/c1-14-10(13)12-7-6-8-2-4-9(11)5-3-8/h2-5H,6-7H2,1H3. The van der Waals surface area contributed by atoms with Crippen LogP contribution in [0.1, 0.15) is 5.56 Å². The number of rotatable bonds is 3. The van der Waals surface area contributed by atoms with Gasteiger partial charge in [-0.15, -0.1) is 0 Å². The molecule has 0 atom stereocenters. The van der Waals surface area contributed by atoms with Crippen molar-refractivity contribution in [2.75, 3.05) is 12.9 Å². The monoisotopic (exact) mass is 246 g/mol. The Hall–Kier alpha value is -0.250. The fraction of sp³-hybridized carbons (Fsp3) is 0.300. The first-order valence-electron chi connectivity index (χ1n) is 4.17. The Morgan fingerprint density at radius 3 is 2.64 bits per heavy atom. The van der Waals surface area contributed by atoms with Crippen molar-refractivity contribution in [3.05, 3.63) is 34.9 Å². The summed E-state index contributed by atoms with van der Waals surface area (Å²) in [6, 6.07) is 7.75. The van der Waals surface area contributed by atoms with Gasteiger partial charge < -0.3 is 4.74 Å². The van der Waals surface area contributed by atoms with E-state index in [1.807, 2.05) is 30.5 Å². The first kappa shape index (κ1) is 11.8. The lowest BCUT2D eigenvalue weighted by Crippen LogP contribution is -2.01. The summed E-state index contributed by atoms with van der Waals surface area (Å²) in [6.07, 6.45) is 2.77. The van der Waals surface area contributed by atoms with Gasteiger partial charge in [-0.3, -0.25) is 0 Å². The summed E-state index contributed by atoms with van der Waals surface area (Å²) in [4.78, 5) is 0. The number of benzene rings is 1. The molecule has 0 aliphatic carbocycles. The smallest absolute Gasteiger partial charge is 0.219 e. The van der Waals surface area contributed by atoms with E-state index in [9.17, 15) is 0 Å². The Kier molecular flexibility index (Phi) is 5.30. The zero-order valence-corrected chi connectivity index (χ0v) is 10.2. The summed E-state index contributed by atoms with van der Waals surface area (Å²) < 4.78 is 5.88. The molecule has 76 valence electrons. The largest absolute Gasteiger partial charge is 0.478 e. The molecule has 0 saturated heterocycles. The molecule has 0 amide bonds. The Morgan fingerprint density at radius 2 is 2.07 bits per heavy atom. The molecule has 4 heteroatoms. The van der Waals surface area contributed by atoms with Crippen molar-refractivity contribution in [1.29, 1.82) is 0 Å². The number of hydrogen-bond acceptors (Lipinski definition) is 3. The van der Waals surface area contributed by atoms with E-state index in [4.69, 9.17) is 28.6 Å². The molecular weight excluding hydrogens is 236 g/mol. The molecule has 0 radical (unpaired) electrons. The van der Waals surface area contributed by atoms with Crippen LogP contribution in [0.15, 0.2) is 24.3 Å². The predicted octanol–water partition coefficient (Wildman–Crippen LogP) is 3.55. The second kappa shape index (κ2) is 6.27. The highest BCUT2D eigenvalue weighted by Gasteiger charge is 1.96. The van der Waals surface area contributed by atoms with Crippen LogP contribution in [0.5, 0.6) is 0 Å². The van der Waals surface area contributed by atoms with Gasteiger partial charge in [-0.05, 0) is 36.2 Å². The Bertz CT molecular complexity index is 297. The lowest BCUT2D eigenvalue weighted by atomic mass is 10.2. The molecule has 0 heterocycles. The number of ether oxygens (including phenoxy) is 1.